The first-order valence-corrected chi connectivity index (χ1v) is 7.76. The lowest BCUT2D eigenvalue weighted by molar-refractivity contribution is 0.0277. The summed E-state index contributed by atoms with van der Waals surface area (Å²) < 4.78 is 22.6. The van der Waals surface area contributed by atoms with Crippen LogP contribution in [0.5, 0.6) is 23.1 Å². The van der Waals surface area contributed by atoms with Crippen LogP contribution in [0.4, 0.5) is 0 Å². The molecule has 1 aliphatic heterocycles. The standard InChI is InChI=1S/C17H18B2N2O4/c1-9-15(10-4-5-14(23-3)21-8-10)25-16-12(22-2)6-11(17(18,19)20)7-13(16)24-9/h4-9,15H,20H2,1-3H3/t9-,15+/m0/s1. The molecule has 0 aliphatic carbocycles. The van der Waals surface area contributed by atoms with Gasteiger partial charge in [0.1, 0.15) is 6.10 Å². The van der Waals surface area contributed by atoms with Gasteiger partial charge in [0.2, 0.25) is 11.6 Å². The summed E-state index contributed by atoms with van der Waals surface area (Å²) in [6, 6.07) is 6.96. The Hall–Kier alpha value is -2.34. The van der Waals surface area contributed by atoms with Crippen LogP contribution in [0.3, 0.4) is 0 Å². The van der Waals surface area contributed by atoms with Gasteiger partial charge in [0.25, 0.3) is 0 Å². The van der Waals surface area contributed by atoms with Crippen LogP contribution in [0.25, 0.3) is 0 Å². The summed E-state index contributed by atoms with van der Waals surface area (Å²) in [7, 11) is 14.6. The van der Waals surface area contributed by atoms with Crippen molar-refractivity contribution in [2.45, 2.75) is 24.5 Å². The molecule has 3 rings (SSSR count). The van der Waals surface area contributed by atoms with E-state index in [1.54, 1.807) is 31.5 Å². The third-order valence-electron chi connectivity index (χ3n) is 4.02. The second kappa shape index (κ2) is 6.52. The molecular weight excluding hydrogens is 318 g/mol. The third kappa shape index (κ3) is 3.39. The lowest BCUT2D eigenvalue weighted by Crippen LogP contribution is -2.38. The Morgan fingerprint density at radius 2 is 1.92 bits per heavy atom. The quantitative estimate of drug-likeness (QED) is 0.851. The van der Waals surface area contributed by atoms with Crippen molar-refractivity contribution >= 4 is 15.7 Å². The predicted molar refractivity (Wildman–Crippen MR) is 94.6 cm³/mol. The number of aromatic nitrogens is 1. The molecule has 25 heavy (non-hydrogen) atoms. The summed E-state index contributed by atoms with van der Waals surface area (Å²) in [5.41, 5.74) is 7.11. The molecule has 1 aromatic heterocycles. The van der Waals surface area contributed by atoms with Gasteiger partial charge in [-0.05, 0) is 36.0 Å². The second-order valence-corrected chi connectivity index (χ2v) is 5.93. The molecule has 2 N–H and O–H groups in total. The number of nitrogens with zero attached hydrogens (tertiary/aromatic N) is 1. The van der Waals surface area contributed by atoms with Crippen LogP contribution in [0.2, 0.25) is 0 Å². The third-order valence-corrected chi connectivity index (χ3v) is 4.02. The highest BCUT2D eigenvalue weighted by atomic mass is 16.6. The monoisotopic (exact) mass is 336 g/mol. The van der Waals surface area contributed by atoms with E-state index < -0.39 is 5.34 Å². The Balaban J connectivity index is 1.98. The average Bonchev–Trinajstić information content (AvgIpc) is 2.59. The number of rotatable bonds is 4. The minimum absolute atomic E-state index is 0.273. The largest absolute Gasteiger partial charge is 0.493 e. The second-order valence-electron chi connectivity index (χ2n) is 5.93. The maximum atomic E-state index is 6.14. The first kappa shape index (κ1) is 17.5. The van der Waals surface area contributed by atoms with E-state index in [9.17, 15) is 0 Å². The van der Waals surface area contributed by atoms with Crippen molar-refractivity contribution in [2.75, 3.05) is 14.2 Å². The summed E-state index contributed by atoms with van der Waals surface area (Å²) in [6.07, 6.45) is 1.06. The van der Waals surface area contributed by atoms with Crippen LogP contribution in [0.1, 0.15) is 24.2 Å². The van der Waals surface area contributed by atoms with Gasteiger partial charge >= 0.3 is 0 Å². The molecule has 1 aromatic carbocycles. The topological polar surface area (TPSA) is 75.8 Å². The number of nitrogens with two attached hydrogens (primary N) is 1. The Kier molecular flexibility index (Phi) is 4.56. The molecular formula is C17H18B2N2O4. The van der Waals surface area contributed by atoms with Crippen molar-refractivity contribution in [3.05, 3.63) is 41.6 Å². The van der Waals surface area contributed by atoms with Crippen molar-refractivity contribution in [3.63, 3.8) is 0 Å². The van der Waals surface area contributed by atoms with Crippen molar-refractivity contribution < 1.29 is 18.9 Å². The highest BCUT2D eigenvalue weighted by Gasteiger charge is 2.33. The first-order chi connectivity index (χ1) is 11.8. The highest BCUT2D eigenvalue weighted by molar-refractivity contribution is 6.39. The van der Waals surface area contributed by atoms with Crippen LogP contribution >= 0.6 is 0 Å². The van der Waals surface area contributed by atoms with E-state index in [2.05, 4.69) is 4.98 Å². The molecule has 0 unspecified atom stereocenters. The molecule has 1 aliphatic rings. The fourth-order valence-corrected chi connectivity index (χ4v) is 2.69. The minimum atomic E-state index is -1.51. The lowest BCUT2D eigenvalue weighted by atomic mass is 9.59. The fraction of sp³-hybridized carbons (Fsp3) is 0.353. The summed E-state index contributed by atoms with van der Waals surface area (Å²) in [5.74, 6) is 1.91. The van der Waals surface area contributed by atoms with Gasteiger partial charge < -0.3 is 24.7 Å². The van der Waals surface area contributed by atoms with E-state index in [1.807, 2.05) is 13.0 Å². The van der Waals surface area contributed by atoms with Crippen LogP contribution < -0.4 is 24.7 Å². The maximum absolute atomic E-state index is 6.14. The zero-order valence-corrected chi connectivity index (χ0v) is 14.4. The van der Waals surface area contributed by atoms with Gasteiger partial charge in [-0.25, -0.2) is 4.98 Å². The number of benzene rings is 1. The normalized spacial score (nSPS) is 19.4. The average molecular weight is 336 g/mol. The molecule has 0 saturated heterocycles. The number of fused-ring (bicyclic) bond motifs is 1. The number of pyridine rings is 1. The molecule has 0 bridgehead atoms. The molecule has 6 nitrogen and oxygen atoms in total. The van der Waals surface area contributed by atoms with Crippen molar-refractivity contribution in [1.29, 1.82) is 0 Å². The van der Waals surface area contributed by atoms with E-state index in [0.717, 1.165) is 5.56 Å². The van der Waals surface area contributed by atoms with Gasteiger partial charge in [0, 0.05) is 17.8 Å². The van der Waals surface area contributed by atoms with Crippen LogP contribution in [-0.2, 0) is 5.34 Å². The van der Waals surface area contributed by atoms with E-state index in [-0.39, 0.29) is 12.2 Å². The molecule has 4 radical (unpaired) electrons. The molecule has 8 heteroatoms. The molecule has 0 fully saturated rings. The Labute approximate surface area is 149 Å². The number of hydrogen-bond acceptors (Lipinski definition) is 6. The van der Waals surface area contributed by atoms with E-state index in [1.165, 1.54) is 7.11 Å². The Bertz CT molecular complexity index is 762. The number of hydrogen-bond donors (Lipinski definition) is 1. The zero-order valence-electron chi connectivity index (χ0n) is 14.4. The van der Waals surface area contributed by atoms with Crippen molar-refractivity contribution in [3.8, 4) is 23.1 Å². The summed E-state index contributed by atoms with van der Waals surface area (Å²) >= 11 is 0. The number of ether oxygens (including phenoxy) is 4. The summed E-state index contributed by atoms with van der Waals surface area (Å²) in [4.78, 5) is 4.21. The van der Waals surface area contributed by atoms with Gasteiger partial charge in [-0.15, -0.1) is 0 Å². The summed E-state index contributed by atoms with van der Waals surface area (Å²) in [5, 5.41) is -1.51. The van der Waals surface area contributed by atoms with Crippen LogP contribution in [0.15, 0.2) is 30.5 Å². The minimum Gasteiger partial charge on any atom is -0.493 e. The van der Waals surface area contributed by atoms with Gasteiger partial charge in [-0.1, -0.05) is 0 Å². The molecule has 2 heterocycles. The van der Waals surface area contributed by atoms with E-state index in [4.69, 9.17) is 40.4 Å². The van der Waals surface area contributed by atoms with E-state index in [0.29, 0.717) is 28.7 Å². The van der Waals surface area contributed by atoms with Gasteiger partial charge in [-0.3, -0.25) is 0 Å². The highest BCUT2D eigenvalue weighted by Crippen LogP contribution is 2.47. The van der Waals surface area contributed by atoms with Gasteiger partial charge in [-0.2, -0.15) is 0 Å². The Morgan fingerprint density at radius 3 is 2.48 bits per heavy atom. The zero-order chi connectivity index (χ0) is 18.2. The van der Waals surface area contributed by atoms with Gasteiger partial charge in [0.05, 0.1) is 29.9 Å². The first-order valence-electron chi connectivity index (χ1n) is 7.76. The molecule has 0 spiro atoms. The molecule has 0 saturated carbocycles. The lowest BCUT2D eigenvalue weighted by Gasteiger charge is -2.34. The van der Waals surface area contributed by atoms with Crippen molar-refractivity contribution in [2.24, 2.45) is 5.73 Å². The molecule has 126 valence electrons. The van der Waals surface area contributed by atoms with Crippen LogP contribution in [-0.4, -0.2) is 41.0 Å². The Morgan fingerprint density at radius 1 is 1.16 bits per heavy atom. The van der Waals surface area contributed by atoms with Gasteiger partial charge in [0.15, 0.2) is 17.6 Å². The molecule has 2 aromatic rings. The molecule has 0 amide bonds. The summed E-state index contributed by atoms with van der Waals surface area (Å²) in [6.45, 7) is 1.90. The smallest absolute Gasteiger partial charge is 0.212 e. The predicted octanol–water partition coefficient (Wildman–Crippen LogP) is 1.41. The maximum Gasteiger partial charge on any atom is 0.212 e. The van der Waals surface area contributed by atoms with Crippen molar-refractivity contribution in [1.82, 2.24) is 4.98 Å². The van der Waals surface area contributed by atoms with Crippen LogP contribution in [0, 0.1) is 0 Å². The SMILES string of the molecule is [B]C([B])(N)c1cc(OC)c2c(c1)O[C@@H](C)[C@H](c1ccc(OC)nc1)O2. The molecule has 2 atom stereocenters. The van der Waals surface area contributed by atoms with E-state index >= 15 is 0 Å². The fourth-order valence-electron chi connectivity index (χ4n) is 2.69. The number of methoxy groups -OCH3 is 2.